The first kappa shape index (κ1) is 27.9. The van der Waals surface area contributed by atoms with Gasteiger partial charge >= 0.3 is 0 Å². The molecular formula is C30H29N5O5. The molecule has 0 radical (unpaired) electrons. The van der Waals surface area contributed by atoms with Gasteiger partial charge in [0.1, 0.15) is 18.1 Å². The highest BCUT2D eigenvalue weighted by atomic mass is 16.5. The van der Waals surface area contributed by atoms with E-state index < -0.39 is 35.6 Å². The molecule has 2 heterocycles. The third-order valence-corrected chi connectivity index (χ3v) is 6.05. The van der Waals surface area contributed by atoms with Gasteiger partial charge in [-0.1, -0.05) is 66.7 Å². The number of amides is 1. The minimum Gasteiger partial charge on any atom is -0.478 e. The molecule has 204 valence electrons. The summed E-state index contributed by atoms with van der Waals surface area (Å²) >= 11 is 0. The van der Waals surface area contributed by atoms with E-state index in [9.17, 15) is 19.2 Å². The zero-order chi connectivity index (χ0) is 28.3. The Morgan fingerprint density at radius 2 is 1.62 bits per heavy atom. The lowest BCUT2D eigenvalue weighted by Crippen LogP contribution is -2.47. The fourth-order valence-electron chi connectivity index (χ4n) is 4.07. The number of hydrogen-bond acceptors (Lipinski definition) is 8. The summed E-state index contributed by atoms with van der Waals surface area (Å²) < 4.78 is 6.65. The van der Waals surface area contributed by atoms with Crippen molar-refractivity contribution in [1.29, 1.82) is 0 Å². The lowest BCUT2D eigenvalue weighted by molar-refractivity contribution is -0.139. The smallest absolute Gasteiger partial charge is 0.277 e. The van der Waals surface area contributed by atoms with Crippen LogP contribution in [0.25, 0.3) is 11.4 Å². The summed E-state index contributed by atoms with van der Waals surface area (Å²) in [5.74, 6) is -1.30. The predicted octanol–water partition coefficient (Wildman–Crippen LogP) is 2.61. The summed E-state index contributed by atoms with van der Waals surface area (Å²) in [4.78, 5) is 60.3. The zero-order valence-corrected chi connectivity index (χ0v) is 21.7. The number of ketones is 2. The fraction of sp³-hybridized carbons (Fsp3) is 0.200. The molecule has 40 heavy (non-hydrogen) atoms. The van der Waals surface area contributed by atoms with Gasteiger partial charge in [-0.3, -0.25) is 23.7 Å². The molecule has 10 heteroatoms. The van der Waals surface area contributed by atoms with Gasteiger partial charge in [0.25, 0.3) is 5.56 Å². The van der Waals surface area contributed by atoms with E-state index in [1.54, 1.807) is 72.9 Å². The second-order valence-electron chi connectivity index (χ2n) is 9.01. The van der Waals surface area contributed by atoms with Crippen LogP contribution in [0.5, 0.6) is 5.88 Å². The Morgan fingerprint density at radius 3 is 2.33 bits per heavy atom. The maximum Gasteiger partial charge on any atom is 0.277 e. The Kier molecular flexibility index (Phi) is 9.49. The first-order valence-electron chi connectivity index (χ1n) is 12.8. The number of carbonyl (C=O) groups excluding carboxylic acids is 3. The van der Waals surface area contributed by atoms with E-state index in [2.05, 4.69) is 15.3 Å². The van der Waals surface area contributed by atoms with E-state index in [0.29, 0.717) is 17.9 Å². The van der Waals surface area contributed by atoms with Gasteiger partial charge < -0.3 is 15.8 Å². The minimum atomic E-state index is -1.12. The van der Waals surface area contributed by atoms with Crippen molar-refractivity contribution in [1.82, 2.24) is 19.9 Å². The Hall–Kier alpha value is -5.12. The molecule has 0 aliphatic heterocycles. The van der Waals surface area contributed by atoms with E-state index in [0.717, 1.165) is 10.1 Å². The highest BCUT2D eigenvalue weighted by molar-refractivity contribution is 6.39. The number of pyridine rings is 1. The number of aromatic nitrogens is 3. The van der Waals surface area contributed by atoms with Crippen LogP contribution in [0.2, 0.25) is 0 Å². The Bertz CT molecular complexity index is 1510. The van der Waals surface area contributed by atoms with Crippen LogP contribution in [0.15, 0.2) is 96.1 Å². The fourth-order valence-corrected chi connectivity index (χ4v) is 4.07. The number of rotatable bonds is 13. The first-order chi connectivity index (χ1) is 19.4. The van der Waals surface area contributed by atoms with Crippen LogP contribution in [0, 0.1) is 0 Å². The second kappa shape index (κ2) is 13.6. The predicted molar refractivity (Wildman–Crippen MR) is 149 cm³/mol. The number of benzene rings is 2. The SMILES string of the molecule is Nc1cnc(-c2ccccc2)n(CC(=O)NC(Cc2ccccc2)C(=O)C(=O)CCCOc2ccccn2)c1=O. The van der Waals surface area contributed by atoms with Gasteiger partial charge in [0.15, 0.2) is 0 Å². The van der Waals surface area contributed by atoms with Crippen LogP contribution in [0.1, 0.15) is 18.4 Å². The van der Waals surface area contributed by atoms with Crippen molar-refractivity contribution in [2.45, 2.75) is 31.8 Å². The number of anilines is 1. The number of nitrogens with one attached hydrogen (secondary N) is 1. The molecule has 1 atom stereocenters. The molecule has 0 fully saturated rings. The Labute approximate surface area is 230 Å². The molecular weight excluding hydrogens is 510 g/mol. The maximum absolute atomic E-state index is 13.2. The summed E-state index contributed by atoms with van der Waals surface area (Å²) in [6.07, 6.45) is 3.20. The molecule has 0 bridgehead atoms. The van der Waals surface area contributed by atoms with Crippen molar-refractivity contribution in [3.63, 3.8) is 0 Å². The number of Topliss-reactive ketones (excluding diaryl/α,β-unsaturated/α-hetero) is 2. The summed E-state index contributed by atoms with van der Waals surface area (Å²) in [5, 5.41) is 2.66. The van der Waals surface area contributed by atoms with Gasteiger partial charge in [-0.25, -0.2) is 9.97 Å². The van der Waals surface area contributed by atoms with Crippen LogP contribution < -0.4 is 21.3 Å². The lowest BCUT2D eigenvalue weighted by Gasteiger charge is -2.19. The topological polar surface area (TPSA) is 146 Å². The second-order valence-corrected chi connectivity index (χ2v) is 9.01. The average Bonchev–Trinajstić information content (AvgIpc) is 2.98. The van der Waals surface area contributed by atoms with Crippen LogP contribution >= 0.6 is 0 Å². The summed E-state index contributed by atoms with van der Waals surface area (Å²) in [7, 11) is 0. The van der Waals surface area contributed by atoms with Gasteiger partial charge in [0.05, 0.1) is 18.8 Å². The van der Waals surface area contributed by atoms with Gasteiger partial charge in [-0.15, -0.1) is 0 Å². The molecule has 0 aliphatic rings. The van der Waals surface area contributed by atoms with Gasteiger partial charge in [0.2, 0.25) is 23.4 Å². The Morgan fingerprint density at radius 1 is 0.925 bits per heavy atom. The van der Waals surface area contributed by atoms with Crippen LogP contribution in [0.3, 0.4) is 0 Å². The van der Waals surface area contributed by atoms with Crippen molar-refractivity contribution in [3.8, 4) is 17.3 Å². The third-order valence-electron chi connectivity index (χ3n) is 6.05. The van der Waals surface area contributed by atoms with Gasteiger partial charge in [-0.05, 0) is 18.1 Å². The van der Waals surface area contributed by atoms with E-state index >= 15 is 0 Å². The molecule has 1 unspecified atom stereocenters. The normalized spacial score (nSPS) is 11.4. The number of nitrogens with two attached hydrogens (primary N) is 1. The largest absolute Gasteiger partial charge is 0.478 e. The van der Waals surface area contributed by atoms with Gasteiger partial charge in [-0.2, -0.15) is 0 Å². The number of ether oxygens (including phenoxy) is 1. The van der Waals surface area contributed by atoms with Crippen LogP contribution in [-0.4, -0.2) is 44.7 Å². The molecule has 0 saturated carbocycles. The Balaban J connectivity index is 1.47. The molecule has 0 saturated heterocycles. The van der Waals surface area contributed by atoms with E-state index in [1.165, 1.54) is 6.20 Å². The third kappa shape index (κ3) is 7.47. The first-order valence-corrected chi connectivity index (χ1v) is 12.8. The van der Waals surface area contributed by atoms with Crippen LogP contribution in [-0.2, 0) is 27.3 Å². The lowest BCUT2D eigenvalue weighted by atomic mass is 9.98. The number of nitrogens with zero attached hydrogens (tertiary/aromatic N) is 3. The van der Waals surface area contributed by atoms with Crippen molar-refractivity contribution in [2.24, 2.45) is 0 Å². The van der Waals surface area contributed by atoms with Crippen molar-refractivity contribution < 1.29 is 19.1 Å². The maximum atomic E-state index is 13.2. The van der Waals surface area contributed by atoms with Crippen molar-refractivity contribution in [3.05, 3.63) is 107 Å². The van der Waals surface area contributed by atoms with E-state index in [4.69, 9.17) is 10.5 Å². The van der Waals surface area contributed by atoms with Crippen molar-refractivity contribution >= 4 is 23.2 Å². The minimum absolute atomic E-state index is 0.0520. The molecule has 4 rings (SSSR count). The van der Waals surface area contributed by atoms with Crippen molar-refractivity contribution in [2.75, 3.05) is 12.3 Å². The van der Waals surface area contributed by atoms with Crippen LogP contribution in [0.4, 0.5) is 5.69 Å². The number of hydrogen-bond donors (Lipinski definition) is 2. The highest BCUT2D eigenvalue weighted by Crippen LogP contribution is 2.16. The van der Waals surface area contributed by atoms with E-state index in [-0.39, 0.29) is 31.0 Å². The number of carbonyl (C=O) groups is 3. The average molecular weight is 540 g/mol. The molecule has 0 aliphatic carbocycles. The quantitative estimate of drug-likeness (QED) is 0.195. The molecule has 10 nitrogen and oxygen atoms in total. The zero-order valence-electron chi connectivity index (χ0n) is 21.7. The molecule has 1 amide bonds. The highest BCUT2D eigenvalue weighted by Gasteiger charge is 2.27. The summed E-state index contributed by atoms with van der Waals surface area (Å²) in [5.41, 5.74) is 6.47. The summed E-state index contributed by atoms with van der Waals surface area (Å²) in [6, 6.07) is 22.1. The summed E-state index contributed by atoms with van der Waals surface area (Å²) in [6.45, 7) is -0.231. The molecule has 0 spiro atoms. The monoisotopic (exact) mass is 539 g/mol. The molecule has 3 N–H and O–H groups in total. The van der Waals surface area contributed by atoms with Gasteiger partial charge in [0, 0.05) is 30.7 Å². The molecule has 2 aromatic carbocycles. The van der Waals surface area contributed by atoms with E-state index in [1.807, 2.05) is 12.1 Å². The molecule has 2 aromatic heterocycles. The number of nitrogen functional groups attached to an aromatic ring is 1. The standard InChI is InChI=1S/C30H29N5O5/c31-23-19-33-29(22-12-5-2-6-13-22)35(30(23)39)20-26(37)34-24(18-21-10-3-1-4-11-21)28(38)25(36)14-9-17-40-27-15-7-8-16-32-27/h1-8,10-13,15-16,19,24H,9,14,17-18,20,31H2,(H,34,37). The molecule has 4 aromatic rings.